The topological polar surface area (TPSA) is 53.4 Å². The quantitative estimate of drug-likeness (QED) is 0.919. The lowest BCUT2D eigenvalue weighted by atomic mass is 10.1. The van der Waals surface area contributed by atoms with Gasteiger partial charge in [0.1, 0.15) is 6.67 Å². The van der Waals surface area contributed by atoms with Crippen LogP contribution in [0.15, 0.2) is 49.1 Å². The second kappa shape index (κ2) is 6.56. The molecule has 1 amide bonds. The van der Waals surface area contributed by atoms with Crippen LogP contribution in [0.25, 0.3) is 0 Å². The van der Waals surface area contributed by atoms with Crippen molar-refractivity contribution in [1.29, 1.82) is 0 Å². The monoisotopic (exact) mass is 311 g/mol. The zero-order valence-electron chi connectivity index (χ0n) is 13.4. The van der Waals surface area contributed by atoms with Gasteiger partial charge in [0.15, 0.2) is 0 Å². The number of carbonyl (C=O) groups excluding carboxylic acids is 1. The van der Waals surface area contributed by atoms with Gasteiger partial charge in [0.25, 0.3) is 0 Å². The van der Waals surface area contributed by atoms with E-state index in [9.17, 15) is 4.79 Å². The molecule has 1 aliphatic rings. The van der Waals surface area contributed by atoms with Crippen LogP contribution in [0.1, 0.15) is 11.1 Å². The zero-order chi connectivity index (χ0) is 16.2. The van der Waals surface area contributed by atoms with Crippen molar-refractivity contribution < 1.29 is 4.79 Å². The minimum atomic E-state index is -0.00649. The Morgan fingerprint density at radius 2 is 1.91 bits per heavy atom. The van der Waals surface area contributed by atoms with E-state index in [0.29, 0.717) is 19.9 Å². The molecule has 0 bridgehead atoms. The van der Waals surface area contributed by atoms with Crippen LogP contribution in [0.5, 0.6) is 0 Å². The summed E-state index contributed by atoms with van der Waals surface area (Å²) in [6.45, 7) is 5.70. The van der Waals surface area contributed by atoms with E-state index in [1.165, 1.54) is 0 Å². The van der Waals surface area contributed by atoms with Gasteiger partial charge in [-0.2, -0.15) is 5.10 Å². The Morgan fingerprint density at radius 3 is 2.61 bits per heavy atom. The molecule has 1 aliphatic heterocycles. The van der Waals surface area contributed by atoms with Gasteiger partial charge in [-0.25, -0.2) is 0 Å². The molecule has 0 saturated carbocycles. The molecule has 2 aromatic rings. The largest absolute Gasteiger partial charge is 0.349 e. The number of hydrogen-bond acceptors (Lipinski definition) is 4. The first kappa shape index (κ1) is 15.1. The van der Waals surface area contributed by atoms with E-state index in [-0.39, 0.29) is 5.91 Å². The van der Waals surface area contributed by atoms with Crippen molar-refractivity contribution in [2.45, 2.75) is 20.5 Å². The zero-order valence-corrected chi connectivity index (χ0v) is 13.4. The molecule has 0 radical (unpaired) electrons. The van der Waals surface area contributed by atoms with Gasteiger partial charge >= 0.3 is 0 Å². The maximum atomic E-state index is 12.3. The van der Waals surface area contributed by atoms with Gasteiger partial charge in [0, 0.05) is 30.5 Å². The number of para-hydroxylation sites is 1. The molecule has 0 spiro atoms. The number of aromatic nitrogens is 2. The molecule has 0 atom stereocenters. The highest BCUT2D eigenvalue weighted by Crippen LogP contribution is 2.19. The summed E-state index contributed by atoms with van der Waals surface area (Å²) < 4.78 is 1.85. The summed E-state index contributed by atoms with van der Waals surface area (Å²) in [6.07, 6.45) is 7.60. The van der Waals surface area contributed by atoms with E-state index in [1.54, 1.807) is 6.20 Å². The maximum absolute atomic E-state index is 12.3. The molecular weight excluding hydrogens is 290 g/mol. The summed E-state index contributed by atoms with van der Waals surface area (Å²) in [6, 6.07) is 7.90. The highest BCUT2D eigenvalue weighted by Gasteiger charge is 2.16. The molecule has 1 aromatic carbocycles. The van der Waals surface area contributed by atoms with Crippen molar-refractivity contribution in [2.24, 2.45) is 0 Å². The number of hydrogen-bond donors (Lipinski definition) is 1. The molecule has 2 heterocycles. The number of nitrogens with zero attached hydrogens (tertiary/aromatic N) is 4. The second-order valence-electron chi connectivity index (χ2n) is 5.78. The average molecular weight is 311 g/mol. The van der Waals surface area contributed by atoms with E-state index in [4.69, 9.17) is 0 Å². The fourth-order valence-corrected chi connectivity index (χ4v) is 2.66. The number of nitrogens with one attached hydrogen (secondary N) is 1. The maximum Gasteiger partial charge on any atom is 0.243 e. The van der Waals surface area contributed by atoms with E-state index in [0.717, 1.165) is 16.8 Å². The molecule has 1 aromatic heterocycles. The standard InChI is InChI=1S/C17H21N5O/c1-14-5-3-6-15(2)17(14)19-16(23)11-20-9-10-21(12-20)13-22-8-4-7-18-22/h3-10H,11-13H2,1-2H3,(H,19,23). The minimum Gasteiger partial charge on any atom is -0.349 e. The van der Waals surface area contributed by atoms with Crippen molar-refractivity contribution in [2.75, 3.05) is 18.5 Å². The number of anilines is 1. The normalized spacial score (nSPS) is 13.7. The molecule has 0 aliphatic carbocycles. The van der Waals surface area contributed by atoms with Crippen LogP contribution in [0, 0.1) is 13.8 Å². The van der Waals surface area contributed by atoms with Crippen molar-refractivity contribution in [3.05, 3.63) is 60.2 Å². The summed E-state index contributed by atoms with van der Waals surface area (Å²) in [5, 5.41) is 7.20. The van der Waals surface area contributed by atoms with Gasteiger partial charge in [-0.1, -0.05) is 18.2 Å². The lowest BCUT2D eigenvalue weighted by molar-refractivity contribution is -0.116. The molecule has 1 N–H and O–H groups in total. The van der Waals surface area contributed by atoms with Gasteiger partial charge in [-0.3, -0.25) is 9.48 Å². The first-order chi connectivity index (χ1) is 11.1. The van der Waals surface area contributed by atoms with Crippen molar-refractivity contribution in [3.63, 3.8) is 0 Å². The van der Waals surface area contributed by atoms with Gasteiger partial charge in [-0.15, -0.1) is 0 Å². The predicted octanol–water partition coefficient (Wildman–Crippen LogP) is 2.14. The fraction of sp³-hybridized carbons (Fsp3) is 0.294. The first-order valence-electron chi connectivity index (χ1n) is 7.62. The molecular formula is C17H21N5O. The summed E-state index contributed by atoms with van der Waals surface area (Å²) in [5.41, 5.74) is 3.07. The van der Waals surface area contributed by atoms with Gasteiger partial charge in [0.2, 0.25) is 5.91 Å². The SMILES string of the molecule is Cc1cccc(C)c1NC(=O)CN1C=CN(Cn2cccn2)C1. The highest BCUT2D eigenvalue weighted by atomic mass is 16.2. The van der Waals surface area contributed by atoms with Crippen LogP contribution in [0.4, 0.5) is 5.69 Å². The Labute approximate surface area is 136 Å². The smallest absolute Gasteiger partial charge is 0.243 e. The third-order valence-corrected chi connectivity index (χ3v) is 3.83. The molecule has 23 heavy (non-hydrogen) atoms. The molecule has 0 unspecified atom stereocenters. The van der Waals surface area contributed by atoms with Crippen molar-refractivity contribution in [1.82, 2.24) is 19.6 Å². The Balaban J connectivity index is 1.52. The summed E-state index contributed by atoms with van der Waals surface area (Å²) >= 11 is 0. The molecule has 6 heteroatoms. The third-order valence-electron chi connectivity index (χ3n) is 3.83. The van der Waals surface area contributed by atoms with Crippen LogP contribution in [0.3, 0.4) is 0 Å². The van der Waals surface area contributed by atoms with Crippen LogP contribution in [-0.4, -0.2) is 38.7 Å². The lowest BCUT2D eigenvalue weighted by Gasteiger charge is -2.21. The lowest BCUT2D eigenvalue weighted by Crippen LogP contribution is -2.33. The van der Waals surface area contributed by atoms with Gasteiger partial charge in [-0.05, 0) is 31.0 Å². The molecule has 120 valence electrons. The number of carbonyl (C=O) groups is 1. The minimum absolute atomic E-state index is 0.00649. The average Bonchev–Trinajstić information content (AvgIpc) is 3.16. The van der Waals surface area contributed by atoms with E-state index >= 15 is 0 Å². The van der Waals surface area contributed by atoms with Gasteiger partial charge < -0.3 is 15.1 Å². The number of aryl methyl sites for hydroxylation is 2. The predicted molar refractivity (Wildman–Crippen MR) is 89.3 cm³/mol. The van der Waals surface area contributed by atoms with Gasteiger partial charge in [0.05, 0.1) is 13.2 Å². The molecule has 0 fully saturated rings. The number of benzene rings is 1. The van der Waals surface area contributed by atoms with E-state index in [2.05, 4.69) is 15.3 Å². The molecule has 3 rings (SSSR count). The Morgan fingerprint density at radius 1 is 1.17 bits per heavy atom. The Kier molecular flexibility index (Phi) is 4.32. The highest BCUT2D eigenvalue weighted by molar-refractivity contribution is 5.93. The third kappa shape index (κ3) is 3.71. The summed E-state index contributed by atoms with van der Waals surface area (Å²) in [7, 11) is 0. The van der Waals surface area contributed by atoms with Crippen LogP contribution in [-0.2, 0) is 11.5 Å². The number of amides is 1. The van der Waals surface area contributed by atoms with Crippen LogP contribution < -0.4 is 5.32 Å². The van der Waals surface area contributed by atoms with E-state index in [1.807, 2.05) is 66.3 Å². The Bertz CT molecular complexity index is 688. The van der Waals surface area contributed by atoms with Crippen LogP contribution in [0.2, 0.25) is 0 Å². The second-order valence-corrected chi connectivity index (χ2v) is 5.78. The fourth-order valence-electron chi connectivity index (χ4n) is 2.66. The summed E-state index contributed by atoms with van der Waals surface area (Å²) in [5.74, 6) is -0.00649. The van der Waals surface area contributed by atoms with Crippen molar-refractivity contribution >= 4 is 11.6 Å². The molecule has 0 saturated heterocycles. The first-order valence-corrected chi connectivity index (χ1v) is 7.62. The number of rotatable bonds is 5. The van der Waals surface area contributed by atoms with Crippen molar-refractivity contribution in [3.8, 4) is 0 Å². The van der Waals surface area contributed by atoms with Crippen LogP contribution >= 0.6 is 0 Å². The Hall–Kier alpha value is -2.76. The van der Waals surface area contributed by atoms with E-state index < -0.39 is 0 Å². The molecule has 6 nitrogen and oxygen atoms in total. The summed E-state index contributed by atoms with van der Waals surface area (Å²) in [4.78, 5) is 16.3.